The van der Waals surface area contributed by atoms with Crippen LogP contribution in [-0.4, -0.2) is 68.0 Å². The second-order valence-electron chi connectivity index (χ2n) is 15.8. The standard InChI is InChI=1S/2C22H22N2O6/c1-22(2,3)30-21(26)23-17(15-8-6-5-7-9-15)13-16-10-14(12-19(25)29-4)11-18(20(16)23)24(27)28;1-22(2,3)18-15-10-13(12-17(25)30-4)11-16(24(28)29)20(15)23(21(26)27)19(18)14-8-6-5-7-9-14/h5-11,13H,12H2,1-4H3;5-11H,12H2,1-4H3,(H,26,27). The predicted molar refractivity (Wildman–Crippen MR) is 223 cm³/mol. The third-order valence-corrected chi connectivity index (χ3v) is 9.22. The molecule has 16 nitrogen and oxygen atoms in total. The Labute approximate surface area is 344 Å². The fraction of sp³-hybridized carbons (Fsp3) is 0.273. The molecule has 0 aliphatic heterocycles. The van der Waals surface area contributed by atoms with Gasteiger partial charge < -0.3 is 19.3 Å². The lowest BCUT2D eigenvalue weighted by Crippen LogP contribution is -2.27. The van der Waals surface area contributed by atoms with E-state index in [0.29, 0.717) is 50.0 Å². The lowest BCUT2D eigenvalue weighted by molar-refractivity contribution is -0.383. The van der Waals surface area contributed by atoms with E-state index in [0.717, 1.165) is 4.57 Å². The Hall–Kier alpha value is -7.36. The van der Waals surface area contributed by atoms with Crippen molar-refractivity contribution in [2.75, 3.05) is 14.2 Å². The first kappa shape index (κ1) is 43.8. The summed E-state index contributed by atoms with van der Waals surface area (Å²) in [4.78, 5) is 71.4. The molecule has 2 aromatic heterocycles. The van der Waals surface area contributed by atoms with Gasteiger partial charge in [0.15, 0.2) is 0 Å². The Morgan fingerprint density at radius 1 is 0.667 bits per heavy atom. The molecule has 0 saturated heterocycles. The van der Waals surface area contributed by atoms with Crippen molar-refractivity contribution in [3.63, 3.8) is 0 Å². The summed E-state index contributed by atoms with van der Waals surface area (Å²) < 4.78 is 17.1. The molecule has 0 amide bonds. The zero-order valence-electron chi connectivity index (χ0n) is 34.3. The molecule has 16 heteroatoms. The Kier molecular flexibility index (Phi) is 12.6. The third kappa shape index (κ3) is 9.33. The highest BCUT2D eigenvalue weighted by Crippen LogP contribution is 2.44. The second-order valence-corrected chi connectivity index (χ2v) is 15.8. The van der Waals surface area contributed by atoms with Crippen molar-refractivity contribution in [3.8, 4) is 22.5 Å². The SMILES string of the molecule is COC(=O)Cc1cc([N+](=O)[O-])c2c(c1)c(C(C)(C)C)c(-c1ccccc1)n2C(=O)O.COC(=O)Cc1cc([N+](=O)[O-])c2c(c1)cc(-c1ccccc1)n2C(=O)OC(C)(C)C. The molecule has 60 heavy (non-hydrogen) atoms. The van der Waals surface area contributed by atoms with Gasteiger partial charge in [0.2, 0.25) is 0 Å². The van der Waals surface area contributed by atoms with Gasteiger partial charge in [-0.2, -0.15) is 0 Å². The average Bonchev–Trinajstić information content (AvgIpc) is 3.74. The van der Waals surface area contributed by atoms with Crippen LogP contribution in [0.25, 0.3) is 44.3 Å². The molecule has 6 rings (SSSR count). The van der Waals surface area contributed by atoms with E-state index in [1.54, 1.807) is 75.4 Å². The van der Waals surface area contributed by atoms with Crippen LogP contribution in [0, 0.1) is 20.2 Å². The number of hydrogen-bond donors (Lipinski definition) is 1. The van der Waals surface area contributed by atoms with Gasteiger partial charge in [0.05, 0.1) is 48.3 Å². The minimum Gasteiger partial charge on any atom is -0.469 e. The van der Waals surface area contributed by atoms with Gasteiger partial charge >= 0.3 is 24.1 Å². The maximum Gasteiger partial charge on any atom is 0.419 e. The van der Waals surface area contributed by atoms with E-state index in [1.165, 1.54) is 30.9 Å². The van der Waals surface area contributed by atoms with Gasteiger partial charge in [-0.3, -0.25) is 29.8 Å². The third-order valence-electron chi connectivity index (χ3n) is 9.22. The summed E-state index contributed by atoms with van der Waals surface area (Å²) in [6.07, 6.45) is -2.32. The highest BCUT2D eigenvalue weighted by Gasteiger charge is 2.34. The predicted octanol–water partition coefficient (Wildman–Crippen LogP) is 9.47. The van der Waals surface area contributed by atoms with Crippen molar-refractivity contribution < 1.29 is 48.3 Å². The molecule has 1 N–H and O–H groups in total. The number of benzene rings is 4. The van der Waals surface area contributed by atoms with Crippen LogP contribution in [0.4, 0.5) is 21.0 Å². The van der Waals surface area contributed by atoms with E-state index in [-0.39, 0.29) is 35.2 Å². The number of carboxylic acid groups (broad SMARTS) is 1. The number of nitro groups is 2. The van der Waals surface area contributed by atoms with Gasteiger partial charge in [0.1, 0.15) is 16.6 Å². The smallest absolute Gasteiger partial charge is 0.419 e. The Morgan fingerprint density at radius 3 is 1.60 bits per heavy atom. The molecular formula is C44H44N4O12. The maximum absolute atomic E-state index is 13.1. The van der Waals surface area contributed by atoms with Crippen molar-refractivity contribution in [3.05, 3.63) is 128 Å². The normalized spacial score (nSPS) is 11.4. The molecule has 0 atom stereocenters. The van der Waals surface area contributed by atoms with Crippen LogP contribution in [0.2, 0.25) is 0 Å². The summed E-state index contributed by atoms with van der Waals surface area (Å²) in [7, 11) is 2.49. The van der Waals surface area contributed by atoms with Crippen LogP contribution in [0.5, 0.6) is 0 Å². The van der Waals surface area contributed by atoms with Gasteiger partial charge in [0, 0.05) is 22.9 Å². The first-order chi connectivity index (χ1) is 28.2. The van der Waals surface area contributed by atoms with E-state index in [2.05, 4.69) is 4.74 Å². The summed E-state index contributed by atoms with van der Waals surface area (Å²) in [6, 6.07) is 25.5. The lowest BCUT2D eigenvalue weighted by atomic mass is 9.83. The molecule has 0 fully saturated rings. The zero-order chi connectivity index (χ0) is 44.3. The Morgan fingerprint density at radius 2 is 1.15 bits per heavy atom. The number of nitrogens with zero attached hydrogens (tertiary/aromatic N) is 4. The molecule has 0 aliphatic rings. The molecule has 4 aromatic carbocycles. The molecule has 312 valence electrons. The van der Waals surface area contributed by atoms with Gasteiger partial charge in [-0.1, -0.05) is 81.4 Å². The number of rotatable bonds is 8. The monoisotopic (exact) mass is 820 g/mol. The zero-order valence-corrected chi connectivity index (χ0v) is 34.3. The fourth-order valence-electron chi connectivity index (χ4n) is 6.94. The van der Waals surface area contributed by atoms with Crippen molar-refractivity contribution in [2.45, 2.75) is 65.4 Å². The maximum atomic E-state index is 13.1. The van der Waals surface area contributed by atoms with Gasteiger partial charge in [-0.15, -0.1) is 0 Å². The number of non-ortho nitro benzene ring substituents is 2. The molecule has 0 unspecified atom stereocenters. The number of carbonyl (C=O) groups is 4. The van der Waals surface area contributed by atoms with Crippen LogP contribution >= 0.6 is 0 Å². The number of aromatic nitrogens is 2. The molecule has 0 spiro atoms. The topological polar surface area (TPSA) is 212 Å². The number of esters is 2. The number of hydrogen-bond acceptors (Lipinski definition) is 11. The van der Waals surface area contributed by atoms with E-state index in [1.807, 2.05) is 45.0 Å². The van der Waals surface area contributed by atoms with Gasteiger partial charge in [-0.05, 0) is 72.2 Å². The summed E-state index contributed by atoms with van der Waals surface area (Å²) in [5.41, 5.74) is 1.72. The molecule has 0 radical (unpaired) electrons. The second kappa shape index (κ2) is 17.2. The van der Waals surface area contributed by atoms with Crippen LogP contribution in [0.3, 0.4) is 0 Å². The van der Waals surface area contributed by atoms with E-state index >= 15 is 0 Å². The summed E-state index contributed by atoms with van der Waals surface area (Å²) in [5.74, 6) is -1.06. The number of nitro benzene ring substituents is 2. The summed E-state index contributed by atoms with van der Waals surface area (Å²) >= 11 is 0. The fourth-order valence-corrected chi connectivity index (χ4v) is 6.94. The number of carbonyl (C=O) groups excluding carboxylic acids is 3. The van der Waals surface area contributed by atoms with E-state index in [9.17, 15) is 44.5 Å². The summed E-state index contributed by atoms with van der Waals surface area (Å²) in [5, 5.41) is 34.6. The molecule has 0 aliphatic carbocycles. The van der Waals surface area contributed by atoms with Gasteiger partial charge in [-0.25, -0.2) is 18.7 Å². The number of fused-ring (bicyclic) bond motifs is 2. The van der Waals surface area contributed by atoms with Crippen molar-refractivity contribution in [1.29, 1.82) is 0 Å². The Balaban J connectivity index is 0.000000228. The minimum atomic E-state index is -1.32. The first-order valence-electron chi connectivity index (χ1n) is 18.6. The van der Waals surface area contributed by atoms with Crippen LogP contribution < -0.4 is 0 Å². The van der Waals surface area contributed by atoms with Crippen molar-refractivity contribution in [2.24, 2.45) is 0 Å². The van der Waals surface area contributed by atoms with E-state index < -0.39 is 45.0 Å². The first-order valence-corrected chi connectivity index (χ1v) is 18.6. The molecule has 0 saturated carbocycles. The highest BCUT2D eigenvalue weighted by molar-refractivity contribution is 6.05. The molecule has 6 aromatic rings. The molecule has 2 heterocycles. The molecule has 0 bridgehead atoms. The lowest BCUT2D eigenvalue weighted by Gasteiger charge is -2.21. The largest absolute Gasteiger partial charge is 0.469 e. The average molecular weight is 821 g/mol. The van der Waals surface area contributed by atoms with Crippen molar-refractivity contribution in [1.82, 2.24) is 9.13 Å². The van der Waals surface area contributed by atoms with Crippen LogP contribution in [0.15, 0.2) is 91.0 Å². The quantitative estimate of drug-likeness (QED) is 0.0658. The van der Waals surface area contributed by atoms with Crippen LogP contribution in [-0.2, 0) is 42.1 Å². The van der Waals surface area contributed by atoms with Crippen LogP contribution in [0.1, 0.15) is 58.2 Å². The number of methoxy groups -OCH3 is 2. The minimum absolute atomic E-state index is 0.00936. The summed E-state index contributed by atoms with van der Waals surface area (Å²) in [6.45, 7) is 10.9. The van der Waals surface area contributed by atoms with Crippen molar-refractivity contribution >= 4 is 57.3 Å². The highest BCUT2D eigenvalue weighted by atomic mass is 16.6. The number of ether oxygens (including phenoxy) is 3. The molecular weight excluding hydrogens is 776 g/mol. The Bertz CT molecular complexity index is 2650. The van der Waals surface area contributed by atoms with Gasteiger partial charge in [0.25, 0.3) is 11.4 Å². The van der Waals surface area contributed by atoms with E-state index in [4.69, 9.17) is 9.47 Å².